The molecule has 0 N–H and O–H groups in total. The van der Waals surface area contributed by atoms with E-state index in [1.54, 1.807) is 14.2 Å². The van der Waals surface area contributed by atoms with Gasteiger partial charge in [-0.3, -0.25) is 0 Å². The summed E-state index contributed by atoms with van der Waals surface area (Å²) in [6, 6.07) is 20.3. The molecule has 0 bridgehead atoms. The lowest BCUT2D eigenvalue weighted by atomic mass is 9.91. The molecule has 4 rings (SSSR count). The number of ether oxygens (including phenoxy) is 4. The minimum Gasteiger partial charge on any atom is -0.493 e. The summed E-state index contributed by atoms with van der Waals surface area (Å²) in [6.45, 7) is 6.62. The molecule has 0 fully saturated rings. The molecule has 0 spiro atoms. The number of hydrogen-bond donors (Lipinski definition) is 0. The van der Waals surface area contributed by atoms with E-state index in [1.165, 1.54) is 5.56 Å². The second-order valence-corrected chi connectivity index (χ2v) is 7.71. The summed E-state index contributed by atoms with van der Waals surface area (Å²) in [7, 11) is 3.29. The largest absolute Gasteiger partial charge is 0.493 e. The maximum Gasteiger partial charge on any atom is 0.161 e. The highest BCUT2D eigenvalue weighted by Crippen LogP contribution is 2.49. The topological polar surface area (TPSA) is 36.9 Å². The van der Waals surface area contributed by atoms with Gasteiger partial charge in [0.2, 0.25) is 0 Å². The van der Waals surface area contributed by atoms with E-state index in [4.69, 9.17) is 18.9 Å². The lowest BCUT2D eigenvalue weighted by molar-refractivity contribution is 0.214. The van der Waals surface area contributed by atoms with E-state index in [1.807, 2.05) is 48.5 Å². The van der Waals surface area contributed by atoms with Gasteiger partial charge in [-0.05, 0) is 41.3 Å². The fourth-order valence-electron chi connectivity index (χ4n) is 4.06. The molecule has 0 radical (unpaired) electrons. The summed E-state index contributed by atoms with van der Waals surface area (Å²) in [5, 5.41) is 0. The first kappa shape index (κ1) is 20.9. The first-order valence-corrected chi connectivity index (χ1v) is 10.5. The summed E-state index contributed by atoms with van der Waals surface area (Å²) < 4.78 is 23.4. The quantitative estimate of drug-likeness (QED) is 0.407. The summed E-state index contributed by atoms with van der Waals surface area (Å²) in [4.78, 5) is 0. The van der Waals surface area contributed by atoms with Crippen LogP contribution >= 0.6 is 0 Å². The van der Waals surface area contributed by atoms with Crippen LogP contribution in [0.25, 0.3) is 0 Å². The number of hydrogen-bond acceptors (Lipinski definition) is 4. The molecule has 1 heterocycles. The Hall–Kier alpha value is -3.40. The Kier molecular flexibility index (Phi) is 6.17. The van der Waals surface area contributed by atoms with Gasteiger partial charge >= 0.3 is 0 Å². The molecular formula is C27H28O4. The third-order valence-electron chi connectivity index (χ3n) is 5.73. The molecule has 1 aliphatic heterocycles. The molecule has 2 atom stereocenters. The van der Waals surface area contributed by atoms with Crippen LogP contribution in [0.5, 0.6) is 23.0 Å². The molecule has 31 heavy (non-hydrogen) atoms. The maximum atomic E-state index is 6.40. The summed E-state index contributed by atoms with van der Waals surface area (Å²) >= 11 is 0. The highest BCUT2D eigenvalue weighted by molar-refractivity contribution is 5.53. The third-order valence-corrected chi connectivity index (χ3v) is 5.73. The Morgan fingerprint density at radius 3 is 2.42 bits per heavy atom. The van der Waals surface area contributed by atoms with Gasteiger partial charge in [0.25, 0.3) is 0 Å². The molecule has 0 unspecified atom stereocenters. The Bertz CT molecular complexity index is 1060. The van der Waals surface area contributed by atoms with Crippen LogP contribution in [0.15, 0.2) is 73.3 Å². The smallest absolute Gasteiger partial charge is 0.161 e. The number of benzene rings is 3. The van der Waals surface area contributed by atoms with Crippen molar-refractivity contribution in [2.45, 2.75) is 32.0 Å². The monoisotopic (exact) mass is 416 g/mol. The second kappa shape index (κ2) is 9.17. The fourth-order valence-corrected chi connectivity index (χ4v) is 4.06. The van der Waals surface area contributed by atoms with Gasteiger partial charge in [0, 0.05) is 17.5 Å². The van der Waals surface area contributed by atoms with Crippen LogP contribution in [0.2, 0.25) is 0 Å². The van der Waals surface area contributed by atoms with Gasteiger partial charge in [0.1, 0.15) is 24.2 Å². The van der Waals surface area contributed by atoms with Crippen LogP contribution in [-0.4, -0.2) is 14.2 Å². The van der Waals surface area contributed by atoms with Crippen molar-refractivity contribution in [3.63, 3.8) is 0 Å². The molecule has 3 aromatic carbocycles. The second-order valence-electron chi connectivity index (χ2n) is 7.71. The lowest BCUT2D eigenvalue weighted by Gasteiger charge is -2.17. The summed E-state index contributed by atoms with van der Waals surface area (Å²) in [6.07, 6.45) is 2.55. The Balaban J connectivity index is 1.62. The lowest BCUT2D eigenvalue weighted by Crippen LogP contribution is -2.07. The minimum atomic E-state index is -0.101. The Morgan fingerprint density at radius 2 is 1.71 bits per heavy atom. The summed E-state index contributed by atoms with van der Waals surface area (Å²) in [5.74, 6) is 3.30. The van der Waals surface area contributed by atoms with E-state index in [-0.39, 0.29) is 12.0 Å². The van der Waals surface area contributed by atoms with Crippen LogP contribution < -0.4 is 18.9 Å². The number of fused-ring (bicyclic) bond motifs is 1. The number of rotatable bonds is 8. The standard InChI is InChI=1S/C27H28O4/c1-5-9-20-14-22-18(2)27(21-12-13-23(28-3)26(15-21)29-4)31-25(22)16-24(20)30-17-19-10-7-6-8-11-19/h5-8,10-16,18,27H,1,9,17H2,2-4H3/t18-,27-/m0/s1. The molecule has 0 saturated heterocycles. The van der Waals surface area contributed by atoms with Crippen molar-refractivity contribution in [3.05, 3.63) is 95.6 Å². The molecular weight excluding hydrogens is 388 g/mol. The van der Waals surface area contributed by atoms with Gasteiger partial charge in [-0.25, -0.2) is 0 Å². The van der Waals surface area contributed by atoms with E-state index in [9.17, 15) is 0 Å². The third kappa shape index (κ3) is 4.24. The maximum absolute atomic E-state index is 6.40. The van der Waals surface area contributed by atoms with E-state index in [0.29, 0.717) is 18.1 Å². The van der Waals surface area contributed by atoms with Gasteiger partial charge in [0.05, 0.1) is 14.2 Å². The van der Waals surface area contributed by atoms with Crippen molar-refractivity contribution >= 4 is 0 Å². The van der Waals surface area contributed by atoms with Gasteiger partial charge in [0.15, 0.2) is 11.5 Å². The normalized spacial score (nSPS) is 16.9. The van der Waals surface area contributed by atoms with Gasteiger partial charge in [-0.1, -0.05) is 49.4 Å². The highest BCUT2D eigenvalue weighted by atomic mass is 16.5. The van der Waals surface area contributed by atoms with Gasteiger partial charge in [-0.15, -0.1) is 6.58 Å². The van der Waals surface area contributed by atoms with E-state index in [0.717, 1.165) is 34.6 Å². The van der Waals surface area contributed by atoms with Gasteiger partial charge in [-0.2, -0.15) is 0 Å². The van der Waals surface area contributed by atoms with Crippen LogP contribution in [-0.2, 0) is 13.0 Å². The Labute approximate surface area is 184 Å². The molecule has 0 saturated carbocycles. The number of allylic oxidation sites excluding steroid dienone is 1. The summed E-state index contributed by atoms with van der Waals surface area (Å²) in [5.41, 5.74) is 4.49. The first-order chi connectivity index (χ1) is 15.1. The van der Waals surface area contributed by atoms with E-state index < -0.39 is 0 Å². The Morgan fingerprint density at radius 1 is 0.935 bits per heavy atom. The molecule has 160 valence electrons. The van der Waals surface area contributed by atoms with Crippen molar-refractivity contribution in [1.29, 1.82) is 0 Å². The molecule has 0 aliphatic carbocycles. The first-order valence-electron chi connectivity index (χ1n) is 10.5. The van der Waals surface area contributed by atoms with Crippen molar-refractivity contribution < 1.29 is 18.9 Å². The highest BCUT2D eigenvalue weighted by Gasteiger charge is 2.34. The predicted octanol–water partition coefficient (Wildman–Crippen LogP) is 6.25. The molecule has 0 amide bonds. The van der Waals surface area contributed by atoms with Crippen LogP contribution in [0.1, 0.15) is 41.2 Å². The van der Waals surface area contributed by atoms with Crippen LogP contribution in [0.3, 0.4) is 0 Å². The molecule has 1 aliphatic rings. The predicted molar refractivity (Wildman–Crippen MR) is 122 cm³/mol. The van der Waals surface area contributed by atoms with Crippen molar-refractivity contribution in [2.75, 3.05) is 14.2 Å². The molecule has 0 aromatic heterocycles. The van der Waals surface area contributed by atoms with E-state index in [2.05, 4.69) is 31.7 Å². The zero-order valence-electron chi connectivity index (χ0n) is 18.3. The van der Waals surface area contributed by atoms with Crippen molar-refractivity contribution in [2.24, 2.45) is 0 Å². The van der Waals surface area contributed by atoms with E-state index >= 15 is 0 Å². The average Bonchev–Trinajstić information content (AvgIpc) is 3.13. The fraction of sp³-hybridized carbons (Fsp3) is 0.259. The van der Waals surface area contributed by atoms with Crippen LogP contribution in [0.4, 0.5) is 0 Å². The van der Waals surface area contributed by atoms with Crippen LogP contribution in [0, 0.1) is 0 Å². The van der Waals surface area contributed by atoms with Crippen molar-refractivity contribution in [3.8, 4) is 23.0 Å². The average molecular weight is 417 g/mol. The molecule has 4 heteroatoms. The molecule has 3 aromatic rings. The zero-order chi connectivity index (χ0) is 21.8. The van der Waals surface area contributed by atoms with Crippen molar-refractivity contribution in [1.82, 2.24) is 0 Å². The minimum absolute atomic E-state index is 0.101. The SMILES string of the molecule is C=CCc1cc2c(cc1OCc1ccccc1)O[C@H](c1ccc(OC)c(OC)c1)[C@H]2C. The zero-order valence-corrected chi connectivity index (χ0v) is 18.3. The van der Waals surface area contributed by atoms with Gasteiger partial charge < -0.3 is 18.9 Å². The number of methoxy groups -OCH3 is 2. The molecule has 4 nitrogen and oxygen atoms in total.